The molecule has 0 radical (unpaired) electrons. The van der Waals surface area contributed by atoms with E-state index < -0.39 is 0 Å². The smallest absolute Gasteiger partial charge is 0.226 e. The van der Waals surface area contributed by atoms with Crippen molar-refractivity contribution in [3.05, 3.63) is 59.2 Å². The molecule has 28 heavy (non-hydrogen) atoms. The lowest BCUT2D eigenvalue weighted by Gasteiger charge is -2.29. The summed E-state index contributed by atoms with van der Waals surface area (Å²) < 4.78 is 0. The third-order valence-corrected chi connectivity index (χ3v) is 4.97. The molecule has 2 aromatic rings. The number of aryl methyl sites for hydroxylation is 1. The Morgan fingerprint density at radius 3 is 2.00 bits per heavy atom. The van der Waals surface area contributed by atoms with Crippen LogP contribution in [0.25, 0.3) is 0 Å². The van der Waals surface area contributed by atoms with Crippen molar-refractivity contribution < 1.29 is 9.59 Å². The van der Waals surface area contributed by atoms with Crippen LogP contribution in [0.3, 0.4) is 0 Å². The second-order valence-corrected chi connectivity index (χ2v) is 7.88. The topological polar surface area (TPSA) is 49.4 Å². The van der Waals surface area contributed by atoms with Gasteiger partial charge in [0.1, 0.15) is 0 Å². The Labute approximate surface area is 169 Å². The lowest BCUT2D eigenvalue weighted by molar-refractivity contribution is -0.117. The Hall–Kier alpha value is -2.62. The molecular weight excluding hydrogens is 348 g/mol. The Kier molecular flexibility index (Phi) is 7.38. The van der Waals surface area contributed by atoms with Crippen molar-refractivity contribution >= 4 is 23.2 Å². The number of para-hydroxylation sites is 2. The largest absolute Gasteiger partial charge is 0.326 e. The van der Waals surface area contributed by atoms with E-state index >= 15 is 0 Å². The van der Waals surface area contributed by atoms with Crippen LogP contribution in [0.5, 0.6) is 0 Å². The van der Waals surface area contributed by atoms with Crippen molar-refractivity contribution in [2.75, 3.05) is 16.8 Å². The van der Waals surface area contributed by atoms with Crippen molar-refractivity contribution in [1.29, 1.82) is 0 Å². The summed E-state index contributed by atoms with van der Waals surface area (Å²) in [5, 5.41) is 2.95. The first-order chi connectivity index (χ1) is 13.2. The number of amides is 2. The average Bonchev–Trinajstić information content (AvgIpc) is 2.63. The van der Waals surface area contributed by atoms with E-state index in [4.69, 9.17) is 0 Å². The second kappa shape index (κ2) is 9.54. The number of benzene rings is 2. The summed E-state index contributed by atoms with van der Waals surface area (Å²) >= 11 is 0. The second-order valence-electron chi connectivity index (χ2n) is 7.88. The van der Waals surface area contributed by atoms with Crippen LogP contribution < -0.4 is 10.2 Å². The molecule has 0 aliphatic heterocycles. The number of rotatable bonds is 7. The molecule has 0 bridgehead atoms. The van der Waals surface area contributed by atoms with Gasteiger partial charge in [0.05, 0.1) is 5.69 Å². The number of nitrogens with zero attached hydrogens (tertiary/aromatic N) is 1. The Morgan fingerprint density at radius 2 is 1.50 bits per heavy atom. The third kappa shape index (κ3) is 5.22. The zero-order chi connectivity index (χ0) is 20.8. The molecule has 150 valence electrons. The van der Waals surface area contributed by atoms with E-state index in [1.165, 1.54) is 0 Å². The van der Waals surface area contributed by atoms with Gasteiger partial charge in [0.25, 0.3) is 0 Å². The minimum absolute atomic E-state index is 0.0429. The molecular formula is C24H32N2O2. The first-order valence-corrected chi connectivity index (χ1v) is 9.98. The summed E-state index contributed by atoms with van der Waals surface area (Å²) in [5.74, 6) is 0.444. The molecule has 4 nitrogen and oxygen atoms in total. The van der Waals surface area contributed by atoms with Gasteiger partial charge < -0.3 is 10.2 Å². The molecule has 0 saturated carbocycles. The van der Waals surface area contributed by atoms with E-state index in [0.29, 0.717) is 6.54 Å². The van der Waals surface area contributed by atoms with Crippen LogP contribution in [0.4, 0.5) is 11.4 Å². The first-order valence-electron chi connectivity index (χ1n) is 9.98. The van der Waals surface area contributed by atoms with Crippen LogP contribution in [0.15, 0.2) is 42.5 Å². The molecule has 0 atom stereocenters. The normalized spacial score (nSPS) is 11.0. The van der Waals surface area contributed by atoms with E-state index in [-0.39, 0.29) is 30.1 Å². The molecule has 2 rings (SSSR count). The SMILES string of the molecule is CC(=O)N(CCC(=O)Nc1ccccc1C)c1c(C(C)C)cccc1C(C)C. The predicted molar refractivity (Wildman–Crippen MR) is 117 cm³/mol. The molecule has 1 N–H and O–H groups in total. The standard InChI is InChI=1S/C24H32N2O2/c1-16(2)20-11-9-12-21(17(3)4)24(20)26(19(6)27)15-14-23(28)25-22-13-8-7-10-18(22)5/h7-13,16-17H,14-15H2,1-6H3,(H,25,28). The summed E-state index contributed by atoms with van der Waals surface area (Å²) in [6, 6.07) is 13.9. The van der Waals surface area contributed by atoms with E-state index in [2.05, 4.69) is 51.2 Å². The van der Waals surface area contributed by atoms with Gasteiger partial charge >= 0.3 is 0 Å². The molecule has 0 aromatic heterocycles. The summed E-state index contributed by atoms with van der Waals surface area (Å²) in [6.07, 6.45) is 0.248. The number of hydrogen-bond acceptors (Lipinski definition) is 2. The lowest BCUT2D eigenvalue weighted by Crippen LogP contribution is -2.34. The van der Waals surface area contributed by atoms with E-state index in [0.717, 1.165) is 28.1 Å². The molecule has 0 fully saturated rings. The lowest BCUT2D eigenvalue weighted by atomic mass is 9.91. The zero-order valence-corrected chi connectivity index (χ0v) is 17.9. The Balaban J connectivity index is 2.26. The van der Waals surface area contributed by atoms with Gasteiger partial charge in [-0.3, -0.25) is 9.59 Å². The Morgan fingerprint density at radius 1 is 0.929 bits per heavy atom. The number of hydrogen-bond donors (Lipinski definition) is 1. The number of carbonyl (C=O) groups excluding carboxylic acids is 2. The van der Waals surface area contributed by atoms with Gasteiger partial charge in [-0.25, -0.2) is 0 Å². The fourth-order valence-corrected chi connectivity index (χ4v) is 3.39. The summed E-state index contributed by atoms with van der Waals surface area (Å²) in [7, 11) is 0. The van der Waals surface area contributed by atoms with Crippen molar-refractivity contribution in [1.82, 2.24) is 0 Å². The van der Waals surface area contributed by atoms with Gasteiger partial charge in [-0.2, -0.15) is 0 Å². The highest BCUT2D eigenvalue weighted by molar-refractivity contribution is 5.96. The molecule has 0 heterocycles. The molecule has 0 spiro atoms. The van der Waals surface area contributed by atoms with Crippen LogP contribution in [0, 0.1) is 6.92 Å². The van der Waals surface area contributed by atoms with Gasteiger partial charge in [-0.15, -0.1) is 0 Å². The third-order valence-electron chi connectivity index (χ3n) is 4.97. The predicted octanol–water partition coefficient (Wildman–Crippen LogP) is 5.62. The highest BCUT2D eigenvalue weighted by Gasteiger charge is 2.22. The van der Waals surface area contributed by atoms with Crippen LogP contribution in [-0.2, 0) is 9.59 Å². The van der Waals surface area contributed by atoms with Crippen molar-refractivity contribution in [2.45, 2.75) is 59.8 Å². The molecule has 0 unspecified atom stereocenters. The molecule has 2 aromatic carbocycles. The van der Waals surface area contributed by atoms with Gasteiger partial charge in [0.2, 0.25) is 11.8 Å². The van der Waals surface area contributed by atoms with E-state index in [9.17, 15) is 9.59 Å². The molecule has 2 amide bonds. The monoisotopic (exact) mass is 380 g/mol. The van der Waals surface area contributed by atoms with Gasteiger partial charge in [-0.05, 0) is 41.5 Å². The minimum atomic E-state index is -0.0892. The van der Waals surface area contributed by atoms with Gasteiger partial charge in [0.15, 0.2) is 0 Å². The first kappa shape index (κ1) is 21.7. The van der Waals surface area contributed by atoms with Crippen LogP contribution in [0.2, 0.25) is 0 Å². The summed E-state index contributed by atoms with van der Waals surface area (Å²) in [6.45, 7) is 12.4. The summed E-state index contributed by atoms with van der Waals surface area (Å²) in [4.78, 5) is 26.8. The zero-order valence-electron chi connectivity index (χ0n) is 17.9. The van der Waals surface area contributed by atoms with Crippen molar-refractivity contribution in [3.63, 3.8) is 0 Å². The number of anilines is 2. The number of carbonyl (C=O) groups is 2. The van der Waals surface area contributed by atoms with Crippen molar-refractivity contribution in [2.24, 2.45) is 0 Å². The average molecular weight is 381 g/mol. The minimum Gasteiger partial charge on any atom is -0.326 e. The maximum atomic E-state index is 12.5. The van der Waals surface area contributed by atoms with Gasteiger partial charge in [0, 0.05) is 25.6 Å². The quantitative estimate of drug-likeness (QED) is 0.677. The highest BCUT2D eigenvalue weighted by Crippen LogP contribution is 2.35. The summed E-state index contributed by atoms with van der Waals surface area (Å²) in [5.41, 5.74) is 5.07. The fraction of sp³-hybridized carbons (Fsp3) is 0.417. The van der Waals surface area contributed by atoms with Crippen LogP contribution in [0.1, 0.15) is 69.6 Å². The van der Waals surface area contributed by atoms with Gasteiger partial charge in [-0.1, -0.05) is 64.1 Å². The maximum absolute atomic E-state index is 12.5. The number of nitrogens with one attached hydrogen (secondary N) is 1. The highest BCUT2D eigenvalue weighted by atomic mass is 16.2. The molecule has 0 saturated heterocycles. The van der Waals surface area contributed by atoms with Crippen molar-refractivity contribution in [3.8, 4) is 0 Å². The Bertz CT molecular complexity index is 814. The van der Waals surface area contributed by atoms with E-state index in [1.807, 2.05) is 31.2 Å². The molecule has 0 aliphatic rings. The molecule has 0 aliphatic carbocycles. The fourth-order valence-electron chi connectivity index (χ4n) is 3.39. The van der Waals surface area contributed by atoms with Crippen LogP contribution >= 0.6 is 0 Å². The molecule has 4 heteroatoms. The van der Waals surface area contributed by atoms with E-state index in [1.54, 1.807) is 11.8 Å². The maximum Gasteiger partial charge on any atom is 0.226 e. The van der Waals surface area contributed by atoms with Crippen LogP contribution in [-0.4, -0.2) is 18.4 Å².